The van der Waals surface area contributed by atoms with Crippen molar-refractivity contribution < 1.29 is 28.6 Å². The van der Waals surface area contributed by atoms with E-state index < -0.39 is 6.10 Å². The van der Waals surface area contributed by atoms with Crippen molar-refractivity contribution in [2.24, 2.45) is 0 Å². The van der Waals surface area contributed by atoms with Crippen LogP contribution in [0.2, 0.25) is 0 Å². The van der Waals surface area contributed by atoms with Gasteiger partial charge in [-0.15, -0.1) is 0 Å². The Morgan fingerprint density at radius 2 is 0.494 bits per heavy atom. The fourth-order valence-corrected chi connectivity index (χ4v) is 8.83. The first-order chi connectivity index (χ1) is 39.0. The minimum absolute atomic E-state index is 0.0864. The summed E-state index contributed by atoms with van der Waals surface area (Å²) in [4.78, 5) is 38.3. The molecular weight excluding hydrogens is 973 g/mol. The van der Waals surface area contributed by atoms with Crippen LogP contribution < -0.4 is 0 Å². The second-order valence-corrected chi connectivity index (χ2v) is 21.3. The zero-order valence-electron chi connectivity index (χ0n) is 51.3. The van der Waals surface area contributed by atoms with Gasteiger partial charge in [0.25, 0.3) is 0 Å². The van der Waals surface area contributed by atoms with E-state index in [-0.39, 0.29) is 31.1 Å². The van der Waals surface area contributed by atoms with Gasteiger partial charge in [-0.25, -0.2) is 0 Å². The van der Waals surface area contributed by atoms with Crippen molar-refractivity contribution in [3.63, 3.8) is 0 Å². The van der Waals surface area contributed by atoms with Gasteiger partial charge < -0.3 is 14.2 Å². The number of carbonyl (C=O) groups excluding carboxylic acids is 3. The lowest BCUT2D eigenvalue weighted by molar-refractivity contribution is -0.167. The van der Waals surface area contributed by atoms with E-state index >= 15 is 0 Å². The quantitative estimate of drug-likeness (QED) is 0.0261. The molecule has 0 spiro atoms. The molecule has 0 heterocycles. The van der Waals surface area contributed by atoms with Crippen molar-refractivity contribution >= 4 is 17.9 Å². The molecule has 0 saturated heterocycles. The van der Waals surface area contributed by atoms with Gasteiger partial charge in [-0.1, -0.05) is 289 Å². The standard InChI is InChI=1S/C73H120O6/c1-4-7-10-13-16-19-22-24-26-28-30-32-34-35-36-37-39-40-42-44-46-48-51-54-57-60-63-66-72(75)78-69-70(68-77-71(74)65-62-59-56-53-50-21-18-15-12-9-6-3)79-73(76)67-64-61-58-55-52-49-47-45-43-41-38-33-31-29-27-25-23-20-17-14-11-8-5-2/h7-8,10-11,16-17,19-20,24-27,30-33,35-36,39-41,43,70H,4-6,9,12-15,18,21-23,28-29,34,37-38,42,44-69H2,1-3H3/b10-7-,11-8-,19-16-,20-17-,26-24-,27-25-,32-30-,33-31-,36-35-,40-39-,43-41-. The van der Waals surface area contributed by atoms with Crippen LogP contribution in [-0.4, -0.2) is 37.2 Å². The molecule has 0 radical (unpaired) electrons. The van der Waals surface area contributed by atoms with Crippen LogP contribution in [0.4, 0.5) is 0 Å². The normalized spacial score (nSPS) is 13.0. The van der Waals surface area contributed by atoms with Gasteiger partial charge in [0.15, 0.2) is 6.10 Å². The molecule has 0 aromatic rings. The summed E-state index contributed by atoms with van der Waals surface area (Å²) in [6, 6.07) is 0. The molecular formula is C73H120O6. The summed E-state index contributed by atoms with van der Waals surface area (Å²) in [6.45, 7) is 6.40. The predicted octanol–water partition coefficient (Wildman–Crippen LogP) is 22.5. The molecule has 1 unspecified atom stereocenters. The molecule has 0 bridgehead atoms. The summed E-state index contributed by atoms with van der Waals surface area (Å²) in [5.74, 6) is -0.903. The fourth-order valence-electron chi connectivity index (χ4n) is 8.83. The molecule has 0 aromatic carbocycles. The number of allylic oxidation sites excluding steroid dienone is 22. The van der Waals surface area contributed by atoms with Crippen molar-refractivity contribution in [3.8, 4) is 0 Å². The average Bonchev–Trinajstić information content (AvgIpc) is 3.45. The summed E-state index contributed by atoms with van der Waals surface area (Å²) in [6.07, 6.45) is 93.1. The van der Waals surface area contributed by atoms with E-state index in [1.54, 1.807) is 0 Å². The highest BCUT2D eigenvalue weighted by Crippen LogP contribution is 2.16. The smallest absolute Gasteiger partial charge is 0.306 e. The molecule has 6 heteroatoms. The molecule has 0 N–H and O–H groups in total. The fraction of sp³-hybridized carbons (Fsp3) is 0.658. The first-order valence-corrected chi connectivity index (χ1v) is 32.7. The van der Waals surface area contributed by atoms with Crippen molar-refractivity contribution in [3.05, 3.63) is 134 Å². The van der Waals surface area contributed by atoms with E-state index in [9.17, 15) is 14.4 Å². The maximum absolute atomic E-state index is 12.9. The zero-order valence-corrected chi connectivity index (χ0v) is 51.3. The average molecular weight is 1090 g/mol. The Morgan fingerprint density at radius 1 is 0.266 bits per heavy atom. The maximum Gasteiger partial charge on any atom is 0.306 e. The Morgan fingerprint density at radius 3 is 0.772 bits per heavy atom. The lowest BCUT2D eigenvalue weighted by Crippen LogP contribution is -2.30. The molecule has 6 nitrogen and oxygen atoms in total. The Hall–Kier alpha value is -4.45. The van der Waals surface area contributed by atoms with E-state index in [0.29, 0.717) is 19.3 Å². The molecule has 0 fully saturated rings. The topological polar surface area (TPSA) is 78.9 Å². The lowest BCUT2D eigenvalue weighted by Gasteiger charge is -2.18. The molecule has 0 rings (SSSR count). The van der Waals surface area contributed by atoms with Gasteiger partial charge in [-0.2, -0.15) is 0 Å². The first kappa shape index (κ1) is 74.5. The van der Waals surface area contributed by atoms with E-state index in [1.165, 1.54) is 109 Å². The van der Waals surface area contributed by atoms with Gasteiger partial charge in [0.1, 0.15) is 13.2 Å². The molecule has 79 heavy (non-hydrogen) atoms. The SMILES string of the molecule is CC/C=C\C/C=C\C/C=C\C/C=C\C/C=C\C/C=C\CCCCCCCCCCC(=O)OCC(COC(=O)CCCCCCCCCCCCC)OC(=O)CCCCCCCCC/C=C\C/C=C\C/C=C\C/C=C\C/C=C\CC. The van der Waals surface area contributed by atoms with Gasteiger partial charge in [0, 0.05) is 19.3 Å². The van der Waals surface area contributed by atoms with Crippen LogP contribution in [0.3, 0.4) is 0 Å². The lowest BCUT2D eigenvalue weighted by atomic mass is 10.1. The number of unbranched alkanes of at least 4 members (excludes halogenated alkanes) is 25. The molecule has 448 valence electrons. The molecule has 0 amide bonds. The molecule has 0 aromatic heterocycles. The van der Waals surface area contributed by atoms with Crippen LogP contribution in [0.15, 0.2) is 134 Å². The summed E-state index contributed by atoms with van der Waals surface area (Å²) in [5.41, 5.74) is 0. The van der Waals surface area contributed by atoms with Crippen molar-refractivity contribution in [2.75, 3.05) is 13.2 Å². The van der Waals surface area contributed by atoms with Crippen LogP contribution in [0, 0.1) is 0 Å². The highest BCUT2D eigenvalue weighted by Gasteiger charge is 2.19. The summed E-state index contributed by atoms with van der Waals surface area (Å²) < 4.78 is 16.9. The van der Waals surface area contributed by atoms with Crippen LogP contribution in [0.5, 0.6) is 0 Å². The minimum Gasteiger partial charge on any atom is -0.462 e. The van der Waals surface area contributed by atoms with Crippen LogP contribution in [0.1, 0.15) is 290 Å². The van der Waals surface area contributed by atoms with Crippen LogP contribution in [-0.2, 0) is 28.6 Å². The summed E-state index contributed by atoms with van der Waals surface area (Å²) in [5, 5.41) is 0. The molecule has 0 aliphatic carbocycles. The van der Waals surface area contributed by atoms with Crippen molar-refractivity contribution in [1.82, 2.24) is 0 Å². The third kappa shape index (κ3) is 64.3. The monoisotopic (exact) mass is 1090 g/mol. The number of esters is 3. The van der Waals surface area contributed by atoms with Gasteiger partial charge in [0.2, 0.25) is 0 Å². The number of hydrogen-bond acceptors (Lipinski definition) is 6. The van der Waals surface area contributed by atoms with Gasteiger partial charge >= 0.3 is 17.9 Å². The number of carbonyl (C=O) groups is 3. The van der Waals surface area contributed by atoms with Gasteiger partial charge in [-0.05, 0) is 116 Å². The van der Waals surface area contributed by atoms with E-state index in [4.69, 9.17) is 14.2 Å². The third-order valence-corrected chi connectivity index (χ3v) is 13.7. The Labute approximate surface area is 487 Å². The van der Waals surface area contributed by atoms with Crippen molar-refractivity contribution in [2.45, 2.75) is 297 Å². The largest absolute Gasteiger partial charge is 0.462 e. The highest BCUT2D eigenvalue weighted by atomic mass is 16.6. The second-order valence-electron chi connectivity index (χ2n) is 21.3. The molecule has 0 saturated carbocycles. The second kappa shape index (κ2) is 66.1. The first-order valence-electron chi connectivity index (χ1n) is 32.7. The zero-order chi connectivity index (χ0) is 57.1. The number of hydrogen-bond donors (Lipinski definition) is 0. The molecule has 0 aliphatic heterocycles. The Bertz CT molecular complexity index is 1680. The highest BCUT2D eigenvalue weighted by molar-refractivity contribution is 5.71. The van der Waals surface area contributed by atoms with Crippen LogP contribution in [0.25, 0.3) is 0 Å². The van der Waals surface area contributed by atoms with E-state index in [0.717, 1.165) is 141 Å². The molecule has 1 atom stereocenters. The van der Waals surface area contributed by atoms with Crippen molar-refractivity contribution in [1.29, 1.82) is 0 Å². The predicted molar refractivity (Wildman–Crippen MR) is 343 cm³/mol. The van der Waals surface area contributed by atoms with E-state index in [2.05, 4.69) is 154 Å². The van der Waals surface area contributed by atoms with Gasteiger partial charge in [0.05, 0.1) is 0 Å². The van der Waals surface area contributed by atoms with Crippen LogP contribution >= 0.6 is 0 Å². The van der Waals surface area contributed by atoms with Gasteiger partial charge in [-0.3, -0.25) is 14.4 Å². The summed E-state index contributed by atoms with van der Waals surface area (Å²) in [7, 11) is 0. The van der Waals surface area contributed by atoms with E-state index in [1.807, 2.05) is 0 Å². The Kier molecular flexibility index (Phi) is 62.3. The number of ether oxygens (including phenoxy) is 3. The Balaban J connectivity index is 4.34. The minimum atomic E-state index is -0.792. The third-order valence-electron chi connectivity index (χ3n) is 13.7. The summed E-state index contributed by atoms with van der Waals surface area (Å²) >= 11 is 0. The number of rotatable bonds is 58. The molecule has 0 aliphatic rings. The maximum atomic E-state index is 12.9.